The van der Waals surface area contributed by atoms with Crippen molar-refractivity contribution < 1.29 is 0 Å². The quantitative estimate of drug-likeness (QED) is 0.648. The molecule has 0 saturated carbocycles. The van der Waals surface area contributed by atoms with Crippen molar-refractivity contribution in [2.24, 2.45) is 0 Å². The first-order chi connectivity index (χ1) is 6.51. The minimum atomic E-state index is 0.627. The van der Waals surface area contributed by atoms with E-state index < -0.39 is 0 Å². The maximum absolute atomic E-state index is 4.48. The molecule has 2 unspecified atom stereocenters. The molecule has 84 valence electrons. The van der Waals surface area contributed by atoms with E-state index in [9.17, 15) is 0 Å². The molecule has 0 bridgehead atoms. The van der Waals surface area contributed by atoms with Crippen LogP contribution in [0.4, 0.5) is 0 Å². The summed E-state index contributed by atoms with van der Waals surface area (Å²) in [6.45, 7) is 8.82. The maximum Gasteiger partial charge on any atom is 0.0572 e. The lowest BCUT2D eigenvalue weighted by molar-refractivity contribution is 0.909. The molecule has 0 aromatic rings. The lowest BCUT2D eigenvalue weighted by Gasteiger charge is -2.12. The topological polar surface area (TPSA) is 0 Å². The standard InChI is InChI=1S/C10H20S4/c1-5-7(3)13-9(11)10(12)14-8(4)6-2/h7-8,11-12H,5-6H2,1-4H3/b10-9-. The van der Waals surface area contributed by atoms with E-state index in [1.165, 1.54) is 12.8 Å². The molecule has 0 heterocycles. The van der Waals surface area contributed by atoms with Crippen molar-refractivity contribution in [1.29, 1.82) is 0 Å². The summed E-state index contributed by atoms with van der Waals surface area (Å²) >= 11 is 12.6. The van der Waals surface area contributed by atoms with Crippen LogP contribution < -0.4 is 0 Å². The molecule has 0 amide bonds. The monoisotopic (exact) mass is 268 g/mol. The molecule has 0 aromatic carbocycles. The van der Waals surface area contributed by atoms with E-state index in [2.05, 4.69) is 53.0 Å². The van der Waals surface area contributed by atoms with Crippen LogP contribution in [0.2, 0.25) is 0 Å². The summed E-state index contributed by atoms with van der Waals surface area (Å²) < 4.78 is 2.13. The molecule has 0 radical (unpaired) electrons. The molecular weight excluding hydrogens is 248 g/mol. The Morgan fingerprint density at radius 1 is 0.929 bits per heavy atom. The zero-order valence-corrected chi connectivity index (χ0v) is 12.7. The van der Waals surface area contributed by atoms with E-state index in [-0.39, 0.29) is 0 Å². The molecule has 0 nitrogen and oxygen atoms in total. The summed E-state index contributed by atoms with van der Waals surface area (Å²) in [6, 6.07) is 0. The number of thioether (sulfide) groups is 2. The third-order valence-electron chi connectivity index (χ3n) is 1.96. The van der Waals surface area contributed by atoms with Crippen molar-refractivity contribution in [3.8, 4) is 0 Å². The molecule has 4 heteroatoms. The van der Waals surface area contributed by atoms with Gasteiger partial charge in [-0.15, -0.1) is 48.8 Å². The second-order valence-electron chi connectivity index (χ2n) is 3.28. The van der Waals surface area contributed by atoms with Gasteiger partial charge in [-0.1, -0.05) is 27.7 Å². The lowest BCUT2D eigenvalue weighted by Crippen LogP contribution is -1.94. The van der Waals surface area contributed by atoms with Gasteiger partial charge in [-0.05, 0) is 12.8 Å². The number of rotatable bonds is 6. The van der Waals surface area contributed by atoms with Gasteiger partial charge in [-0.25, -0.2) is 0 Å². The minimum Gasteiger partial charge on any atom is -0.135 e. The predicted molar refractivity (Wildman–Crippen MR) is 79.7 cm³/mol. The highest BCUT2D eigenvalue weighted by Gasteiger charge is 2.08. The first-order valence-corrected chi connectivity index (χ1v) is 7.62. The highest BCUT2D eigenvalue weighted by Crippen LogP contribution is 2.38. The summed E-state index contributed by atoms with van der Waals surface area (Å²) in [5.74, 6) is 0. The van der Waals surface area contributed by atoms with E-state index >= 15 is 0 Å². The van der Waals surface area contributed by atoms with E-state index in [4.69, 9.17) is 0 Å². The fourth-order valence-corrected chi connectivity index (χ4v) is 3.63. The molecule has 0 spiro atoms. The molecular formula is C10H20S4. The first kappa shape index (κ1) is 15.1. The van der Waals surface area contributed by atoms with Crippen molar-refractivity contribution in [3.05, 3.63) is 8.47 Å². The molecule has 0 fully saturated rings. The molecule has 0 aliphatic heterocycles. The van der Waals surface area contributed by atoms with Gasteiger partial charge >= 0.3 is 0 Å². The van der Waals surface area contributed by atoms with E-state index in [0.717, 1.165) is 8.47 Å². The normalized spacial score (nSPS) is 17.6. The van der Waals surface area contributed by atoms with Gasteiger partial charge in [-0.2, -0.15) is 0 Å². The summed E-state index contributed by atoms with van der Waals surface area (Å²) in [5.41, 5.74) is 0. The number of hydrogen-bond donors (Lipinski definition) is 2. The van der Waals surface area contributed by atoms with Gasteiger partial charge in [0.25, 0.3) is 0 Å². The Kier molecular flexibility index (Phi) is 8.99. The largest absolute Gasteiger partial charge is 0.135 e. The van der Waals surface area contributed by atoms with Crippen LogP contribution >= 0.6 is 48.8 Å². The zero-order chi connectivity index (χ0) is 11.1. The van der Waals surface area contributed by atoms with E-state index in [1.54, 1.807) is 23.5 Å². The Morgan fingerprint density at radius 3 is 1.43 bits per heavy atom. The minimum absolute atomic E-state index is 0.627. The fraction of sp³-hybridized carbons (Fsp3) is 0.800. The van der Waals surface area contributed by atoms with Crippen molar-refractivity contribution in [2.75, 3.05) is 0 Å². The van der Waals surface area contributed by atoms with Gasteiger partial charge in [0.1, 0.15) is 0 Å². The van der Waals surface area contributed by atoms with Crippen LogP contribution in [0.5, 0.6) is 0 Å². The molecule has 0 aliphatic carbocycles. The van der Waals surface area contributed by atoms with Gasteiger partial charge in [0.05, 0.1) is 8.47 Å². The molecule has 0 aliphatic rings. The summed E-state index contributed by atoms with van der Waals surface area (Å²) in [6.07, 6.45) is 2.34. The van der Waals surface area contributed by atoms with E-state index in [0.29, 0.717) is 10.5 Å². The van der Waals surface area contributed by atoms with E-state index in [1.807, 2.05) is 0 Å². The zero-order valence-electron chi connectivity index (χ0n) is 9.28. The molecule has 0 rings (SSSR count). The summed E-state index contributed by atoms with van der Waals surface area (Å²) in [5, 5.41) is 1.25. The third kappa shape index (κ3) is 6.59. The van der Waals surface area contributed by atoms with Crippen LogP contribution in [0.3, 0.4) is 0 Å². The van der Waals surface area contributed by atoms with Crippen LogP contribution in [-0.4, -0.2) is 10.5 Å². The Balaban J connectivity index is 4.14. The van der Waals surface area contributed by atoms with Crippen LogP contribution in [0, 0.1) is 0 Å². The Morgan fingerprint density at radius 2 is 1.21 bits per heavy atom. The second-order valence-corrected chi connectivity index (χ2v) is 7.68. The first-order valence-electron chi connectivity index (χ1n) is 4.96. The van der Waals surface area contributed by atoms with Crippen LogP contribution in [-0.2, 0) is 0 Å². The Hall–Kier alpha value is 1.14. The smallest absolute Gasteiger partial charge is 0.0572 e. The maximum atomic E-state index is 4.48. The SMILES string of the molecule is CCC(C)S/C(S)=C(/S)SC(C)CC. The van der Waals surface area contributed by atoms with Crippen LogP contribution in [0.25, 0.3) is 0 Å². The fourth-order valence-electron chi connectivity index (χ4n) is 0.649. The van der Waals surface area contributed by atoms with Gasteiger partial charge in [0, 0.05) is 10.5 Å². The second kappa shape index (κ2) is 8.31. The van der Waals surface area contributed by atoms with Crippen molar-refractivity contribution in [3.63, 3.8) is 0 Å². The van der Waals surface area contributed by atoms with Gasteiger partial charge in [-0.3, -0.25) is 0 Å². The Labute approximate surface area is 108 Å². The number of hydrogen-bond acceptors (Lipinski definition) is 4. The average molecular weight is 269 g/mol. The summed E-state index contributed by atoms with van der Waals surface area (Å²) in [7, 11) is 0. The average Bonchev–Trinajstić information content (AvgIpc) is 2.17. The molecule has 14 heavy (non-hydrogen) atoms. The van der Waals surface area contributed by atoms with Crippen molar-refractivity contribution in [2.45, 2.75) is 51.0 Å². The number of thiol groups is 2. The Bertz CT molecular complexity index is 169. The molecule has 0 saturated heterocycles. The summed E-state index contributed by atoms with van der Waals surface area (Å²) in [4.78, 5) is 0. The van der Waals surface area contributed by atoms with Crippen molar-refractivity contribution >= 4 is 48.8 Å². The predicted octanol–water partition coefficient (Wildman–Crippen LogP) is 5.04. The van der Waals surface area contributed by atoms with Crippen molar-refractivity contribution in [1.82, 2.24) is 0 Å². The molecule has 0 aromatic heterocycles. The molecule has 2 atom stereocenters. The third-order valence-corrected chi connectivity index (χ3v) is 5.97. The lowest BCUT2D eigenvalue weighted by atomic mass is 10.4. The van der Waals surface area contributed by atoms with Crippen LogP contribution in [0.1, 0.15) is 40.5 Å². The highest BCUT2D eigenvalue weighted by atomic mass is 32.2. The van der Waals surface area contributed by atoms with Crippen LogP contribution in [0.15, 0.2) is 8.47 Å². The van der Waals surface area contributed by atoms with Gasteiger partial charge < -0.3 is 0 Å². The highest BCUT2D eigenvalue weighted by molar-refractivity contribution is 8.21. The molecule has 0 N–H and O–H groups in total. The van der Waals surface area contributed by atoms with Gasteiger partial charge in [0.15, 0.2) is 0 Å². The van der Waals surface area contributed by atoms with Gasteiger partial charge in [0.2, 0.25) is 0 Å².